The van der Waals surface area contributed by atoms with Gasteiger partial charge in [0.15, 0.2) is 14.9 Å². The molecule has 2 N–H and O–H groups in total. The molecule has 0 aliphatic rings. The van der Waals surface area contributed by atoms with Crippen molar-refractivity contribution in [3.63, 3.8) is 0 Å². The first-order valence-corrected chi connectivity index (χ1v) is 10.1. The van der Waals surface area contributed by atoms with Gasteiger partial charge in [0, 0.05) is 23.6 Å². The molecule has 0 saturated carbocycles. The fourth-order valence-electron chi connectivity index (χ4n) is 2.77. The van der Waals surface area contributed by atoms with E-state index in [1.165, 1.54) is 11.6 Å². The zero-order valence-electron chi connectivity index (χ0n) is 14.8. The predicted octanol–water partition coefficient (Wildman–Crippen LogP) is 2.80. The maximum absolute atomic E-state index is 12.0. The Bertz CT molecular complexity index is 981. The average molecular weight is 374 g/mol. The monoisotopic (exact) mass is 374 g/mol. The topological polar surface area (TPSA) is 97.0 Å². The fraction of sp³-hybridized carbons (Fsp3) is 0.333. The lowest BCUT2D eigenvalue weighted by atomic mass is 10.1. The number of fused-ring (bicyclic) bond motifs is 1. The van der Waals surface area contributed by atoms with E-state index < -0.39 is 9.84 Å². The fourth-order valence-corrected chi connectivity index (χ4v) is 3.96. The average Bonchev–Trinajstić information content (AvgIpc) is 3.04. The van der Waals surface area contributed by atoms with Crippen LogP contribution in [0.1, 0.15) is 18.9 Å². The molecule has 1 aromatic carbocycles. The molecule has 3 rings (SSSR count). The number of nitrogens with one attached hydrogen (secondary N) is 2. The van der Waals surface area contributed by atoms with Crippen LogP contribution in [0.5, 0.6) is 5.75 Å². The number of ether oxygens (including phenoxy) is 1. The van der Waals surface area contributed by atoms with E-state index >= 15 is 0 Å². The van der Waals surface area contributed by atoms with E-state index in [4.69, 9.17) is 4.74 Å². The summed E-state index contributed by atoms with van der Waals surface area (Å²) in [4.78, 5) is 3.25. The number of nitrogens with zero attached hydrogens (tertiary/aromatic N) is 2. The number of aromatic nitrogens is 3. The smallest absolute Gasteiger partial charge is 0.197 e. The van der Waals surface area contributed by atoms with Gasteiger partial charge in [-0.1, -0.05) is 6.92 Å². The largest absolute Gasteiger partial charge is 0.497 e. The second-order valence-corrected chi connectivity index (χ2v) is 8.03. The highest BCUT2D eigenvalue weighted by atomic mass is 32.2. The Morgan fingerprint density at radius 2 is 2.04 bits per heavy atom. The molecular formula is C18H22N4O3S. The van der Waals surface area contributed by atoms with Crippen molar-refractivity contribution in [3.8, 4) is 5.75 Å². The molecule has 0 aliphatic heterocycles. The first-order valence-electron chi connectivity index (χ1n) is 8.48. The van der Waals surface area contributed by atoms with Gasteiger partial charge in [0.05, 0.1) is 12.9 Å². The minimum Gasteiger partial charge on any atom is -0.497 e. The van der Waals surface area contributed by atoms with Gasteiger partial charge in [0.25, 0.3) is 0 Å². The molecule has 0 saturated heterocycles. The summed E-state index contributed by atoms with van der Waals surface area (Å²) < 4.78 is 29.2. The summed E-state index contributed by atoms with van der Waals surface area (Å²) in [6.07, 6.45) is 3.32. The van der Waals surface area contributed by atoms with E-state index in [-0.39, 0.29) is 10.8 Å². The highest BCUT2D eigenvalue weighted by Crippen LogP contribution is 2.24. The van der Waals surface area contributed by atoms with Crippen LogP contribution in [0.4, 0.5) is 5.82 Å². The Hall–Kier alpha value is -2.61. The Kier molecular flexibility index (Phi) is 5.41. The maximum atomic E-state index is 12.0. The van der Waals surface area contributed by atoms with Gasteiger partial charge in [-0.05, 0) is 48.7 Å². The zero-order chi connectivity index (χ0) is 18.6. The molecule has 138 valence electrons. The quantitative estimate of drug-likeness (QED) is 0.629. The van der Waals surface area contributed by atoms with Gasteiger partial charge in [-0.3, -0.25) is 0 Å². The first kappa shape index (κ1) is 18.2. The summed E-state index contributed by atoms with van der Waals surface area (Å²) in [5, 5.41) is 12.1. The Morgan fingerprint density at radius 1 is 1.19 bits per heavy atom. The zero-order valence-corrected chi connectivity index (χ0v) is 15.6. The van der Waals surface area contributed by atoms with Gasteiger partial charge >= 0.3 is 0 Å². The van der Waals surface area contributed by atoms with Crippen LogP contribution in [0, 0.1) is 0 Å². The van der Waals surface area contributed by atoms with Crippen LogP contribution < -0.4 is 10.1 Å². The molecule has 0 atom stereocenters. The number of benzene rings is 1. The molecule has 0 unspecified atom stereocenters. The summed E-state index contributed by atoms with van der Waals surface area (Å²) in [5.41, 5.74) is 2.23. The van der Waals surface area contributed by atoms with Crippen molar-refractivity contribution in [2.75, 3.05) is 24.7 Å². The number of hydrogen-bond acceptors (Lipinski definition) is 6. The molecule has 0 bridgehead atoms. The van der Waals surface area contributed by atoms with Crippen molar-refractivity contribution < 1.29 is 13.2 Å². The lowest BCUT2D eigenvalue weighted by molar-refractivity contribution is 0.415. The molecule has 0 amide bonds. The normalized spacial score (nSPS) is 11.6. The SMILES string of the molecule is CCCS(=O)(=O)c1ccc(NCCc2c[nH]c3ccc(OC)cc23)nn1. The molecule has 0 aliphatic carbocycles. The van der Waals surface area contributed by atoms with Crippen LogP contribution >= 0.6 is 0 Å². The highest BCUT2D eigenvalue weighted by molar-refractivity contribution is 7.91. The summed E-state index contributed by atoms with van der Waals surface area (Å²) in [6.45, 7) is 2.47. The van der Waals surface area contributed by atoms with Crippen LogP contribution in [0.25, 0.3) is 10.9 Å². The second kappa shape index (κ2) is 7.74. The molecule has 8 heteroatoms. The van der Waals surface area contributed by atoms with E-state index in [1.807, 2.05) is 31.3 Å². The summed E-state index contributed by atoms with van der Waals surface area (Å²) >= 11 is 0. The van der Waals surface area contributed by atoms with Gasteiger partial charge in [-0.2, -0.15) is 0 Å². The van der Waals surface area contributed by atoms with Gasteiger partial charge in [-0.25, -0.2) is 8.42 Å². The van der Waals surface area contributed by atoms with Crippen LogP contribution in [0.2, 0.25) is 0 Å². The Labute approximate surface area is 152 Å². The van der Waals surface area contributed by atoms with Crippen LogP contribution in [-0.4, -0.2) is 43.0 Å². The van der Waals surface area contributed by atoms with Crippen molar-refractivity contribution >= 4 is 26.6 Å². The third-order valence-electron chi connectivity index (χ3n) is 4.11. The molecule has 0 fully saturated rings. The van der Waals surface area contributed by atoms with Crippen LogP contribution in [0.15, 0.2) is 41.6 Å². The number of anilines is 1. The molecular weight excluding hydrogens is 352 g/mol. The molecule has 0 spiro atoms. The minimum absolute atomic E-state index is 0.0219. The lowest BCUT2D eigenvalue weighted by Gasteiger charge is -2.06. The van der Waals surface area contributed by atoms with E-state index in [2.05, 4.69) is 20.5 Å². The van der Waals surface area contributed by atoms with Gasteiger partial charge in [-0.15, -0.1) is 10.2 Å². The van der Waals surface area contributed by atoms with Crippen LogP contribution in [-0.2, 0) is 16.3 Å². The van der Waals surface area contributed by atoms with E-state index in [9.17, 15) is 8.42 Å². The standard InChI is InChI=1S/C18H22N4O3S/c1-3-10-26(23,24)18-7-6-17(21-22-18)19-9-8-13-12-20-16-5-4-14(25-2)11-15(13)16/h4-7,11-12,20H,3,8-10H2,1-2H3,(H,19,21). The Morgan fingerprint density at radius 3 is 2.73 bits per heavy atom. The maximum Gasteiger partial charge on any atom is 0.197 e. The molecule has 26 heavy (non-hydrogen) atoms. The number of rotatable bonds is 8. The van der Waals surface area contributed by atoms with Gasteiger partial charge in [0.1, 0.15) is 11.6 Å². The third kappa shape index (κ3) is 3.96. The second-order valence-electron chi connectivity index (χ2n) is 5.98. The van der Waals surface area contributed by atoms with E-state index in [1.54, 1.807) is 13.2 Å². The summed E-state index contributed by atoms with van der Waals surface area (Å²) in [7, 11) is -1.68. The molecule has 2 heterocycles. The van der Waals surface area contributed by atoms with Gasteiger partial charge in [0.2, 0.25) is 0 Å². The van der Waals surface area contributed by atoms with Crippen molar-refractivity contribution in [3.05, 3.63) is 42.1 Å². The van der Waals surface area contributed by atoms with Crippen molar-refractivity contribution in [2.24, 2.45) is 0 Å². The molecule has 7 nitrogen and oxygen atoms in total. The van der Waals surface area contributed by atoms with E-state index in [0.29, 0.717) is 18.8 Å². The molecule has 3 aromatic rings. The summed E-state index contributed by atoms with van der Waals surface area (Å²) in [6, 6.07) is 9.07. The number of sulfone groups is 1. The molecule has 0 radical (unpaired) electrons. The number of aromatic amines is 1. The third-order valence-corrected chi connectivity index (χ3v) is 5.91. The van der Waals surface area contributed by atoms with E-state index in [0.717, 1.165) is 23.1 Å². The van der Waals surface area contributed by atoms with Crippen molar-refractivity contribution in [1.82, 2.24) is 15.2 Å². The predicted molar refractivity (Wildman–Crippen MR) is 101 cm³/mol. The van der Waals surface area contributed by atoms with Crippen molar-refractivity contribution in [1.29, 1.82) is 0 Å². The van der Waals surface area contributed by atoms with Gasteiger partial charge < -0.3 is 15.0 Å². The lowest BCUT2D eigenvalue weighted by Crippen LogP contribution is -2.11. The first-order chi connectivity index (χ1) is 12.5. The number of H-pyrrole nitrogens is 1. The Balaban J connectivity index is 1.63. The van der Waals surface area contributed by atoms with Crippen molar-refractivity contribution in [2.45, 2.75) is 24.8 Å². The number of hydrogen-bond donors (Lipinski definition) is 2. The summed E-state index contributed by atoms with van der Waals surface area (Å²) in [5.74, 6) is 1.46. The van der Waals surface area contributed by atoms with Crippen LogP contribution in [0.3, 0.4) is 0 Å². The number of methoxy groups -OCH3 is 1. The molecule has 2 aromatic heterocycles. The highest BCUT2D eigenvalue weighted by Gasteiger charge is 2.15. The minimum atomic E-state index is -3.33.